The molecule has 3 amide bonds. The van der Waals surface area contributed by atoms with Crippen molar-refractivity contribution in [3.8, 4) is 5.75 Å². The number of nitrogens with zero attached hydrogens (tertiary/aromatic N) is 1. The molecule has 1 unspecified atom stereocenters. The number of carbonyl (C=O) groups excluding carboxylic acids is 5. The summed E-state index contributed by atoms with van der Waals surface area (Å²) in [6.45, 7) is 14.8. The summed E-state index contributed by atoms with van der Waals surface area (Å²) in [7, 11) is 0. The Morgan fingerprint density at radius 1 is 0.857 bits per heavy atom. The van der Waals surface area contributed by atoms with E-state index in [4.69, 9.17) is 28.7 Å². The molecule has 0 heterocycles. The van der Waals surface area contributed by atoms with Gasteiger partial charge in [0.15, 0.2) is 0 Å². The zero-order valence-electron chi connectivity index (χ0n) is 27.9. The van der Waals surface area contributed by atoms with Crippen molar-refractivity contribution >= 4 is 48.0 Å². The van der Waals surface area contributed by atoms with E-state index < -0.39 is 36.3 Å². The molecule has 0 fully saturated rings. The number of carbonyl (C=O) groups is 5. The molecule has 16 nitrogen and oxygen atoms in total. The molecule has 2 aromatic carbocycles. The molecule has 0 radical (unpaired) electrons. The van der Waals surface area contributed by atoms with E-state index in [1.54, 1.807) is 44.2 Å². The van der Waals surface area contributed by atoms with Crippen LogP contribution in [0.3, 0.4) is 0 Å². The molecular weight excluding hydrogens is 644 g/mol. The zero-order chi connectivity index (χ0) is 36.3. The quantitative estimate of drug-likeness (QED) is 0.0311. The van der Waals surface area contributed by atoms with Gasteiger partial charge in [-0.2, -0.15) is 4.89 Å². The van der Waals surface area contributed by atoms with E-state index in [9.17, 15) is 24.0 Å². The van der Waals surface area contributed by atoms with Crippen molar-refractivity contribution in [2.75, 3.05) is 31.7 Å². The smallest absolute Gasteiger partial charge is 0.440 e. The molecule has 2 aromatic rings. The summed E-state index contributed by atoms with van der Waals surface area (Å²) in [6, 6.07) is 9.45. The van der Waals surface area contributed by atoms with Gasteiger partial charge in [-0.3, -0.25) is 5.32 Å². The SMILES string of the molecule is C=C(C)C(=O)OCCOOC=Nc1ccc(OC(=O)NC(C)COC(=O)Nc2cc(C)cc(CCOC(=O)NOC(=O)C(=C)C)c2)c(C)c1. The van der Waals surface area contributed by atoms with Gasteiger partial charge < -0.3 is 34.0 Å². The molecule has 0 aliphatic rings. The van der Waals surface area contributed by atoms with E-state index in [1.807, 2.05) is 18.5 Å². The Balaban J connectivity index is 1.72. The van der Waals surface area contributed by atoms with Crippen LogP contribution in [0.4, 0.5) is 25.8 Å². The second kappa shape index (κ2) is 20.4. The Kier molecular flexibility index (Phi) is 16.3. The predicted molar refractivity (Wildman–Crippen MR) is 176 cm³/mol. The largest absolute Gasteiger partial charge is 0.460 e. The monoisotopic (exact) mass is 684 g/mol. The first kappa shape index (κ1) is 39.3. The lowest BCUT2D eigenvalue weighted by molar-refractivity contribution is -0.223. The molecule has 0 spiro atoms. The topological polar surface area (TPSA) is 198 Å². The summed E-state index contributed by atoms with van der Waals surface area (Å²) in [4.78, 5) is 77.3. The van der Waals surface area contributed by atoms with Crippen LogP contribution in [0.1, 0.15) is 37.5 Å². The summed E-state index contributed by atoms with van der Waals surface area (Å²) >= 11 is 0. The first-order chi connectivity index (χ1) is 23.2. The molecule has 3 N–H and O–H groups in total. The Morgan fingerprint density at radius 3 is 2.29 bits per heavy atom. The van der Waals surface area contributed by atoms with Gasteiger partial charge >= 0.3 is 30.2 Å². The van der Waals surface area contributed by atoms with Gasteiger partial charge in [-0.05, 0) is 81.6 Å². The number of nitrogens with one attached hydrogen (secondary N) is 3. The lowest BCUT2D eigenvalue weighted by Crippen LogP contribution is -2.38. The number of benzene rings is 2. The van der Waals surface area contributed by atoms with Crippen LogP contribution in [0, 0.1) is 13.8 Å². The van der Waals surface area contributed by atoms with Crippen molar-refractivity contribution in [2.45, 2.75) is 47.1 Å². The van der Waals surface area contributed by atoms with Gasteiger partial charge in [0.2, 0.25) is 6.40 Å². The molecule has 1 atom stereocenters. The Hall–Kier alpha value is -5.90. The average Bonchev–Trinajstić information content (AvgIpc) is 3.02. The molecular formula is C33H40N4O12. The maximum atomic E-state index is 12.4. The number of amides is 3. The van der Waals surface area contributed by atoms with E-state index in [0.29, 0.717) is 23.4 Å². The highest BCUT2D eigenvalue weighted by atomic mass is 17.2. The molecule has 264 valence electrons. The number of esters is 1. The number of hydrogen-bond acceptors (Lipinski definition) is 13. The van der Waals surface area contributed by atoms with Crippen LogP contribution in [0.25, 0.3) is 0 Å². The molecule has 2 rings (SSSR count). The predicted octanol–water partition coefficient (Wildman–Crippen LogP) is 5.06. The third kappa shape index (κ3) is 16.0. The van der Waals surface area contributed by atoms with E-state index in [0.717, 1.165) is 17.5 Å². The first-order valence-corrected chi connectivity index (χ1v) is 14.8. The number of anilines is 1. The standard InChI is InChI=1S/C33H40N4O12/c1-20(2)29(38)43-12-13-46-47-19-34-26-8-9-28(23(6)16-26)48-32(41)35-24(7)18-45-31(40)36-27-15-22(5)14-25(17-27)10-11-44-33(42)37-49-30(39)21(3)4/h8-9,14-17,19,24H,1,3,10-13,18H2,2,4-7H3,(H,35,41)(H,36,40)(H,37,42). The number of aryl methyl sites for hydroxylation is 2. The van der Waals surface area contributed by atoms with E-state index >= 15 is 0 Å². The fourth-order valence-electron chi connectivity index (χ4n) is 3.55. The van der Waals surface area contributed by atoms with Crippen molar-refractivity contribution in [3.63, 3.8) is 0 Å². The second-order valence-corrected chi connectivity index (χ2v) is 10.5. The highest BCUT2D eigenvalue weighted by molar-refractivity contribution is 5.88. The fraction of sp³-hybridized carbons (Fsp3) is 0.333. The van der Waals surface area contributed by atoms with Crippen molar-refractivity contribution in [2.24, 2.45) is 4.99 Å². The summed E-state index contributed by atoms with van der Waals surface area (Å²) in [5.74, 6) is -1.03. The van der Waals surface area contributed by atoms with Crippen molar-refractivity contribution in [1.82, 2.24) is 10.8 Å². The summed E-state index contributed by atoms with van der Waals surface area (Å²) in [5.41, 5.74) is 5.40. The van der Waals surface area contributed by atoms with Crippen molar-refractivity contribution < 1.29 is 57.5 Å². The van der Waals surface area contributed by atoms with E-state index in [-0.39, 0.29) is 43.3 Å². The van der Waals surface area contributed by atoms with E-state index in [2.05, 4.69) is 33.6 Å². The molecule has 0 bridgehead atoms. The third-order valence-corrected chi connectivity index (χ3v) is 5.83. The molecule has 0 aromatic heterocycles. The number of rotatable bonds is 16. The highest BCUT2D eigenvalue weighted by Gasteiger charge is 2.14. The molecule has 0 saturated heterocycles. The maximum absolute atomic E-state index is 12.4. The van der Waals surface area contributed by atoms with Gasteiger partial charge in [0.1, 0.15) is 25.6 Å². The minimum atomic E-state index is -0.943. The minimum Gasteiger partial charge on any atom is -0.460 e. The molecule has 0 aliphatic carbocycles. The van der Waals surface area contributed by atoms with Crippen LogP contribution in [0.5, 0.6) is 5.75 Å². The Labute approximate surface area is 283 Å². The Bertz CT molecular complexity index is 1560. The highest BCUT2D eigenvalue weighted by Crippen LogP contribution is 2.24. The van der Waals surface area contributed by atoms with Gasteiger partial charge in [0.25, 0.3) is 0 Å². The molecule has 0 aliphatic heterocycles. The Morgan fingerprint density at radius 2 is 1.59 bits per heavy atom. The number of aliphatic imine (C=N–C) groups is 1. The summed E-state index contributed by atoms with van der Waals surface area (Å²) < 4.78 is 20.4. The zero-order valence-corrected chi connectivity index (χ0v) is 27.9. The first-order valence-electron chi connectivity index (χ1n) is 14.8. The summed E-state index contributed by atoms with van der Waals surface area (Å²) in [5, 5.41) is 5.21. The van der Waals surface area contributed by atoms with Crippen molar-refractivity contribution in [3.05, 3.63) is 77.4 Å². The van der Waals surface area contributed by atoms with Crippen LogP contribution >= 0.6 is 0 Å². The fourth-order valence-corrected chi connectivity index (χ4v) is 3.55. The van der Waals surface area contributed by atoms with Crippen molar-refractivity contribution in [1.29, 1.82) is 0 Å². The second-order valence-electron chi connectivity index (χ2n) is 10.5. The van der Waals surface area contributed by atoms with Crippen LogP contribution in [0.2, 0.25) is 0 Å². The lowest BCUT2D eigenvalue weighted by atomic mass is 10.1. The maximum Gasteiger partial charge on any atom is 0.440 e. The number of hydroxylamine groups is 1. The molecule has 0 saturated carbocycles. The molecule has 49 heavy (non-hydrogen) atoms. The van der Waals surface area contributed by atoms with Gasteiger partial charge in [-0.25, -0.2) is 29.0 Å². The van der Waals surface area contributed by atoms with Gasteiger partial charge in [0.05, 0.1) is 18.3 Å². The normalized spacial score (nSPS) is 11.0. The van der Waals surface area contributed by atoms with Gasteiger partial charge in [0, 0.05) is 23.3 Å². The van der Waals surface area contributed by atoms with Crippen LogP contribution in [-0.2, 0) is 44.8 Å². The van der Waals surface area contributed by atoms with Crippen LogP contribution < -0.4 is 20.9 Å². The lowest BCUT2D eigenvalue weighted by Gasteiger charge is -2.15. The van der Waals surface area contributed by atoms with Crippen LogP contribution in [0.15, 0.2) is 65.7 Å². The van der Waals surface area contributed by atoms with Crippen LogP contribution in [-0.4, -0.2) is 69.1 Å². The minimum absolute atomic E-state index is 0.00578. The molecule has 16 heteroatoms. The van der Waals surface area contributed by atoms with E-state index in [1.165, 1.54) is 13.8 Å². The summed E-state index contributed by atoms with van der Waals surface area (Å²) in [6.07, 6.45) is -1.07. The third-order valence-electron chi connectivity index (χ3n) is 5.83. The average molecular weight is 685 g/mol. The number of hydrogen-bond donors (Lipinski definition) is 3. The van der Waals surface area contributed by atoms with Gasteiger partial charge in [-0.15, -0.1) is 5.48 Å². The van der Waals surface area contributed by atoms with Gasteiger partial charge in [-0.1, -0.05) is 19.2 Å². The number of ether oxygens (including phenoxy) is 4.